The van der Waals surface area contributed by atoms with E-state index in [1.807, 2.05) is 50.2 Å². The highest BCUT2D eigenvalue weighted by molar-refractivity contribution is 5.97. The lowest BCUT2D eigenvalue weighted by molar-refractivity contribution is -0.139. The fraction of sp³-hybridized carbons (Fsp3) is 0.231. The molecule has 1 atom stereocenters. The summed E-state index contributed by atoms with van der Waals surface area (Å²) in [4.78, 5) is 15.7. The van der Waals surface area contributed by atoms with Crippen molar-refractivity contribution in [3.63, 3.8) is 0 Å². The van der Waals surface area contributed by atoms with Crippen LogP contribution in [0.1, 0.15) is 31.9 Å². The van der Waals surface area contributed by atoms with Crippen molar-refractivity contribution in [1.82, 2.24) is 15.5 Å². The minimum absolute atomic E-state index is 0. The number of carboxylic acid groups (broad SMARTS) is 1. The van der Waals surface area contributed by atoms with Gasteiger partial charge in [-0.15, -0.1) is 12.4 Å². The zero-order valence-electron chi connectivity index (χ0n) is 19.5. The first-order chi connectivity index (χ1) is 16.4. The molecular formula is C26H25ClN4O4. The van der Waals surface area contributed by atoms with E-state index in [4.69, 9.17) is 14.4 Å². The Morgan fingerprint density at radius 3 is 2.57 bits per heavy atom. The largest absolute Gasteiger partial charge is 0.490 e. The highest BCUT2D eigenvalue weighted by atomic mass is 35.5. The summed E-state index contributed by atoms with van der Waals surface area (Å²) in [6.45, 7) is 5.82. The maximum atomic E-state index is 11.1. The average molecular weight is 493 g/mol. The van der Waals surface area contributed by atoms with Gasteiger partial charge in [-0.2, -0.15) is 10.2 Å². The van der Waals surface area contributed by atoms with Crippen LogP contribution in [-0.2, 0) is 11.3 Å². The lowest BCUT2D eigenvalue weighted by Crippen LogP contribution is -2.33. The summed E-state index contributed by atoms with van der Waals surface area (Å²) in [5, 5.41) is 27.7. The number of carbonyl (C=O) groups is 1. The van der Waals surface area contributed by atoms with E-state index in [0.29, 0.717) is 35.1 Å². The van der Waals surface area contributed by atoms with E-state index < -0.39 is 12.0 Å². The Hall–Kier alpha value is -3.93. The molecule has 0 saturated heterocycles. The number of aromatic nitrogens is 2. The predicted molar refractivity (Wildman–Crippen MR) is 134 cm³/mol. The number of halogens is 1. The Labute approximate surface area is 208 Å². The molecule has 0 radical (unpaired) electrons. The standard InChI is InChI=1S/C26H24N4O4.ClH/c1-15(2)33-23-11-9-17(12-19(23)13-27)25-29-24(30-34-25)22-10-8-18(14-28-16(3)26(31)32)20-6-4-5-7-21(20)22;/h4-12,15-16,28H,14H2,1-3H3,(H,31,32);1H/t16-;/m0./s1. The summed E-state index contributed by atoms with van der Waals surface area (Å²) in [5.41, 5.74) is 2.78. The molecular weight excluding hydrogens is 468 g/mol. The molecule has 0 aliphatic carbocycles. The molecule has 1 aromatic heterocycles. The number of aliphatic carboxylic acids is 1. The highest BCUT2D eigenvalue weighted by Crippen LogP contribution is 2.32. The number of nitrogens with one attached hydrogen (secondary N) is 1. The summed E-state index contributed by atoms with van der Waals surface area (Å²) >= 11 is 0. The molecule has 0 bridgehead atoms. The van der Waals surface area contributed by atoms with Crippen LogP contribution in [-0.4, -0.2) is 33.4 Å². The van der Waals surface area contributed by atoms with Crippen molar-refractivity contribution >= 4 is 29.1 Å². The Morgan fingerprint density at radius 2 is 1.89 bits per heavy atom. The lowest BCUT2D eigenvalue weighted by atomic mass is 9.99. The topological polar surface area (TPSA) is 121 Å². The van der Waals surface area contributed by atoms with E-state index >= 15 is 0 Å². The molecule has 0 fully saturated rings. The Morgan fingerprint density at radius 1 is 1.14 bits per heavy atom. The van der Waals surface area contributed by atoms with Crippen molar-refractivity contribution in [3.05, 3.63) is 65.7 Å². The monoisotopic (exact) mass is 492 g/mol. The lowest BCUT2D eigenvalue weighted by Gasteiger charge is -2.12. The van der Waals surface area contributed by atoms with Crippen molar-refractivity contribution in [1.29, 1.82) is 5.26 Å². The predicted octanol–water partition coefficient (Wildman–Crippen LogP) is 5.20. The molecule has 1 heterocycles. The van der Waals surface area contributed by atoms with Crippen LogP contribution in [0.25, 0.3) is 33.6 Å². The molecule has 35 heavy (non-hydrogen) atoms. The second-order valence-corrected chi connectivity index (χ2v) is 8.17. The van der Waals surface area contributed by atoms with Gasteiger partial charge in [0.2, 0.25) is 5.82 Å². The van der Waals surface area contributed by atoms with Gasteiger partial charge in [-0.05, 0) is 55.3 Å². The van der Waals surface area contributed by atoms with Gasteiger partial charge < -0.3 is 19.7 Å². The number of rotatable bonds is 8. The van der Waals surface area contributed by atoms with Gasteiger partial charge in [0, 0.05) is 17.7 Å². The van der Waals surface area contributed by atoms with Crippen molar-refractivity contribution in [2.45, 2.75) is 39.5 Å². The SMILES string of the molecule is CC(C)Oc1ccc(-c2nc(-c3ccc(CN[C@@H](C)C(=O)O)c4ccccc34)no2)cc1C#N.Cl. The Balaban J connectivity index is 0.00000342. The molecule has 9 heteroatoms. The van der Waals surface area contributed by atoms with Crippen molar-refractivity contribution in [2.24, 2.45) is 0 Å². The van der Waals surface area contributed by atoms with Gasteiger partial charge in [-0.1, -0.05) is 41.6 Å². The number of benzene rings is 3. The number of fused-ring (bicyclic) bond motifs is 1. The minimum Gasteiger partial charge on any atom is -0.490 e. The van der Waals surface area contributed by atoms with Crippen molar-refractivity contribution < 1.29 is 19.2 Å². The third-order valence-corrected chi connectivity index (χ3v) is 5.36. The molecule has 0 amide bonds. The van der Waals surface area contributed by atoms with Crippen LogP contribution in [0.2, 0.25) is 0 Å². The van der Waals surface area contributed by atoms with Gasteiger partial charge in [0.05, 0.1) is 11.7 Å². The smallest absolute Gasteiger partial charge is 0.320 e. The molecule has 8 nitrogen and oxygen atoms in total. The second kappa shape index (κ2) is 11.0. The average Bonchev–Trinajstić information content (AvgIpc) is 3.32. The molecule has 0 unspecified atom stereocenters. The van der Waals surface area contributed by atoms with Crippen LogP contribution in [0.3, 0.4) is 0 Å². The first kappa shape index (κ1) is 25.7. The van der Waals surface area contributed by atoms with Gasteiger partial charge in [-0.3, -0.25) is 4.79 Å². The molecule has 4 aromatic rings. The maximum Gasteiger partial charge on any atom is 0.320 e. The van der Waals surface area contributed by atoms with Crippen molar-refractivity contribution in [2.75, 3.05) is 0 Å². The number of carboxylic acids is 1. The van der Waals surface area contributed by atoms with Gasteiger partial charge >= 0.3 is 5.97 Å². The third kappa shape index (κ3) is 5.60. The maximum absolute atomic E-state index is 11.1. The van der Waals surface area contributed by atoms with Crippen LogP contribution in [0.15, 0.2) is 59.1 Å². The fourth-order valence-electron chi connectivity index (χ4n) is 3.62. The molecule has 0 aliphatic rings. The summed E-state index contributed by atoms with van der Waals surface area (Å²) in [6, 6.07) is 18.3. The number of nitrogens with zero attached hydrogens (tertiary/aromatic N) is 3. The summed E-state index contributed by atoms with van der Waals surface area (Å²) < 4.78 is 11.2. The van der Waals surface area contributed by atoms with E-state index in [2.05, 4.69) is 21.5 Å². The number of nitriles is 1. The molecule has 3 aromatic carbocycles. The van der Waals surface area contributed by atoms with Crippen LogP contribution >= 0.6 is 12.4 Å². The van der Waals surface area contributed by atoms with E-state index in [1.54, 1.807) is 25.1 Å². The second-order valence-electron chi connectivity index (χ2n) is 8.17. The molecule has 4 rings (SSSR count). The Kier molecular flexibility index (Phi) is 8.07. The van der Waals surface area contributed by atoms with Gasteiger partial charge in [0.15, 0.2) is 0 Å². The zero-order valence-corrected chi connectivity index (χ0v) is 20.3. The summed E-state index contributed by atoms with van der Waals surface area (Å²) in [5.74, 6) is 0.329. The van der Waals surface area contributed by atoms with Crippen molar-refractivity contribution in [3.8, 4) is 34.7 Å². The van der Waals surface area contributed by atoms with Crippen LogP contribution < -0.4 is 10.1 Å². The van der Waals surface area contributed by atoms with Gasteiger partial charge in [0.25, 0.3) is 5.89 Å². The number of hydrogen-bond acceptors (Lipinski definition) is 7. The highest BCUT2D eigenvalue weighted by Gasteiger charge is 2.17. The zero-order chi connectivity index (χ0) is 24.2. The van der Waals surface area contributed by atoms with Gasteiger partial charge in [-0.25, -0.2) is 0 Å². The third-order valence-electron chi connectivity index (χ3n) is 5.36. The summed E-state index contributed by atoms with van der Waals surface area (Å²) in [6.07, 6.45) is -0.0493. The van der Waals surface area contributed by atoms with E-state index in [-0.39, 0.29) is 18.5 Å². The molecule has 180 valence electrons. The molecule has 0 aliphatic heterocycles. The fourth-order valence-corrected chi connectivity index (χ4v) is 3.62. The van der Waals surface area contributed by atoms with Crippen LogP contribution in [0, 0.1) is 11.3 Å². The minimum atomic E-state index is -0.899. The molecule has 0 saturated carbocycles. The van der Waals surface area contributed by atoms with Crippen LogP contribution in [0.4, 0.5) is 0 Å². The van der Waals surface area contributed by atoms with E-state index in [1.165, 1.54) is 0 Å². The van der Waals surface area contributed by atoms with E-state index in [0.717, 1.165) is 21.9 Å². The first-order valence-electron chi connectivity index (χ1n) is 10.9. The molecule has 0 spiro atoms. The van der Waals surface area contributed by atoms with Gasteiger partial charge in [0.1, 0.15) is 17.9 Å². The first-order valence-corrected chi connectivity index (χ1v) is 10.9. The van der Waals surface area contributed by atoms with E-state index in [9.17, 15) is 10.1 Å². The summed E-state index contributed by atoms with van der Waals surface area (Å²) in [7, 11) is 0. The van der Waals surface area contributed by atoms with Crippen LogP contribution in [0.5, 0.6) is 5.75 Å². The number of ether oxygens (including phenoxy) is 1. The normalized spacial score (nSPS) is 11.6. The quantitative estimate of drug-likeness (QED) is 0.344. The molecule has 2 N–H and O–H groups in total. The Bertz CT molecular complexity index is 1390. The number of hydrogen-bond donors (Lipinski definition) is 2.